The zero-order chi connectivity index (χ0) is 54.5. The molecule has 73 heavy (non-hydrogen) atoms. The van der Waals surface area contributed by atoms with E-state index in [0.29, 0.717) is 26.2 Å². The number of nitriles is 1. The molecule has 3 aromatic rings. The van der Waals surface area contributed by atoms with E-state index in [0.717, 1.165) is 33.5 Å². The minimum Gasteiger partial charge on any atom is -0.455 e. The van der Waals surface area contributed by atoms with Crippen molar-refractivity contribution in [3.63, 3.8) is 0 Å². The molecule has 0 bridgehead atoms. The van der Waals surface area contributed by atoms with E-state index in [9.17, 15) is 23.7 Å². The van der Waals surface area contributed by atoms with Crippen LogP contribution >= 0.6 is 74.1 Å². The molecule has 400 valence electrons. The molecule has 16 nitrogen and oxygen atoms in total. The second-order valence-corrected chi connectivity index (χ2v) is 25.4. The molecule has 2 aliphatic heterocycles. The number of fused-ring (bicyclic) bond motifs is 6. The number of unbranched alkanes of at least 4 members (excludes halogenated alkanes) is 3. The molecule has 3 aromatic carbocycles. The van der Waals surface area contributed by atoms with Crippen LogP contribution in [0.4, 0.5) is 0 Å². The van der Waals surface area contributed by atoms with Crippen molar-refractivity contribution in [3.8, 4) is 29.1 Å². The monoisotopic (exact) mass is 1150 g/mol. The highest BCUT2D eigenvalue weighted by Crippen LogP contribution is 2.64. The summed E-state index contributed by atoms with van der Waals surface area (Å²) in [7, 11) is -3.43. The van der Waals surface area contributed by atoms with Gasteiger partial charge in [-0.3, -0.25) is 18.9 Å². The van der Waals surface area contributed by atoms with E-state index in [1.165, 1.54) is 18.2 Å². The number of ether oxygens (including phenoxy) is 4. The molecule has 23 heteroatoms. The standard InChI is InChI=1S/C50H62Cl5N3O13P2/c1-27(2)58(28(3)4)72(67-23-17-20-56)66-22-16-14-13-15-21-57-35(59)19-18-29-24-31-44(42(55)43(29)70-47(62)49(8,9)10)68-32-26-33(69-46(61)48(5,6)7)34(73(63,64-11)65-12)25-30(32)50(31)37-36(45(60)71-50)38(51)40(53)41(54)39(37)52/h24-28H,13-19,21-23H2,1-12H3,(H,57,59). The van der Waals surface area contributed by atoms with Crippen LogP contribution in [0.5, 0.6) is 23.0 Å². The highest BCUT2D eigenvalue weighted by Gasteiger charge is 2.58. The fraction of sp³-hybridized carbons (Fsp3) is 0.540. The van der Waals surface area contributed by atoms with Crippen LogP contribution in [0.15, 0.2) is 18.2 Å². The summed E-state index contributed by atoms with van der Waals surface area (Å²) in [6.07, 6.45) is 3.18. The lowest BCUT2D eigenvalue weighted by molar-refractivity contribution is -0.143. The number of esters is 3. The topological polar surface area (TPSA) is 198 Å². The van der Waals surface area contributed by atoms with Crippen molar-refractivity contribution in [2.45, 2.75) is 132 Å². The summed E-state index contributed by atoms with van der Waals surface area (Å²) >= 11 is 34.4. The molecule has 1 spiro atoms. The van der Waals surface area contributed by atoms with Crippen LogP contribution < -0.4 is 24.8 Å². The van der Waals surface area contributed by atoms with Gasteiger partial charge in [-0.1, -0.05) is 70.8 Å². The third-order valence-corrected chi connectivity index (χ3v) is 17.8. The van der Waals surface area contributed by atoms with Crippen molar-refractivity contribution >= 4 is 103 Å². The Kier molecular flexibility index (Phi) is 20.6. The molecule has 0 aliphatic carbocycles. The number of rotatable bonds is 22. The van der Waals surface area contributed by atoms with Gasteiger partial charge in [-0.05, 0) is 106 Å². The van der Waals surface area contributed by atoms with Gasteiger partial charge in [-0.2, -0.15) is 5.26 Å². The van der Waals surface area contributed by atoms with Gasteiger partial charge in [0.1, 0.15) is 21.8 Å². The predicted molar refractivity (Wildman–Crippen MR) is 282 cm³/mol. The zero-order valence-corrected chi connectivity index (χ0v) is 48.5. The van der Waals surface area contributed by atoms with Crippen LogP contribution in [0.2, 0.25) is 25.1 Å². The van der Waals surface area contributed by atoms with Gasteiger partial charge in [0.15, 0.2) is 17.1 Å². The van der Waals surface area contributed by atoms with Gasteiger partial charge < -0.3 is 42.4 Å². The van der Waals surface area contributed by atoms with E-state index >= 15 is 0 Å². The number of amides is 1. The van der Waals surface area contributed by atoms with Crippen LogP contribution in [-0.2, 0) is 53.8 Å². The highest BCUT2D eigenvalue weighted by molar-refractivity contribution is 7.62. The number of benzene rings is 3. The number of hydrogen-bond acceptors (Lipinski definition) is 15. The van der Waals surface area contributed by atoms with Crippen LogP contribution in [0.1, 0.15) is 140 Å². The number of nitrogens with zero attached hydrogens (tertiary/aromatic N) is 2. The Morgan fingerprint density at radius 2 is 1.40 bits per heavy atom. The Morgan fingerprint density at radius 3 is 1.99 bits per heavy atom. The molecule has 2 aliphatic rings. The number of nitrogens with one attached hydrogen (secondary N) is 1. The average Bonchev–Trinajstić information content (AvgIpc) is 3.62. The third-order valence-electron chi connectivity index (χ3n) is 11.6. The molecule has 0 fully saturated rings. The maximum Gasteiger partial charge on any atom is 0.364 e. The first-order valence-corrected chi connectivity index (χ1v) is 28.1. The van der Waals surface area contributed by atoms with Gasteiger partial charge in [0, 0.05) is 62.0 Å². The molecule has 2 heterocycles. The summed E-state index contributed by atoms with van der Waals surface area (Å²) in [5.41, 5.74) is -4.52. The van der Waals surface area contributed by atoms with Gasteiger partial charge in [0.2, 0.25) is 5.91 Å². The second kappa shape index (κ2) is 24.8. The van der Waals surface area contributed by atoms with Gasteiger partial charge in [0.25, 0.3) is 8.53 Å². The summed E-state index contributed by atoms with van der Waals surface area (Å²) in [5, 5.41) is 10.4. The Labute approximate surface area is 453 Å². The summed E-state index contributed by atoms with van der Waals surface area (Å²) in [6, 6.07) is 6.48. The molecule has 5 rings (SSSR count). The summed E-state index contributed by atoms with van der Waals surface area (Å²) in [5.74, 6) is -3.56. The molecule has 0 saturated heterocycles. The van der Waals surface area contributed by atoms with Crippen molar-refractivity contribution in [3.05, 3.63) is 71.1 Å². The molecule has 1 amide bonds. The fourth-order valence-corrected chi connectivity index (χ4v) is 12.1. The second-order valence-electron chi connectivity index (χ2n) is 19.8. The SMILES string of the molecule is COP(=O)(OC)c1cc2c(cc1OC(=O)C(C)(C)C)Oc1c(cc(CCC(=O)NCCCCCCOP(OCCC#N)N(C(C)C)C(C)C)c(OC(=O)C(C)(C)C)c1Cl)C21OC(=O)c2c(Cl)c(Cl)c(Cl)c(Cl)c21. The van der Waals surface area contributed by atoms with E-state index in [-0.39, 0.29) is 118 Å². The van der Waals surface area contributed by atoms with E-state index in [1.54, 1.807) is 41.5 Å². The first-order valence-electron chi connectivity index (χ1n) is 23.6. The highest BCUT2D eigenvalue weighted by atomic mass is 35.5. The Balaban J connectivity index is 1.53. The first-order chi connectivity index (χ1) is 34.1. The molecular formula is C50H62Cl5N3O13P2. The number of carbonyl (C=O) groups is 4. The van der Waals surface area contributed by atoms with E-state index in [4.69, 9.17) is 100 Å². The Morgan fingerprint density at radius 1 is 0.808 bits per heavy atom. The van der Waals surface area contributed by atoms with Crippen LogP contribution in [0.3, 0.4) is 0 Å². The van der Waals surface area contributed by atoms with E-state index in [1.807, 2.05) is 0 Å². The quantitative estimate of drug-likeness (QED) is 0.0249. The van der Waals surface area contributed by atoms with Crippen molar-refractivity contribution in [1.29, 1.82) is 5.26 Å². The molecule has 0 aromatic heterocycles. The maximum atomic E-state index is 14.4. The predicted octanol–water partition coefficient (Wildman–Crippen LogP) is 13.4. The average molecular weight is 1150 g/mol. The first kappa shape index (κ1) is 60.6. The van der Waals surface area contributed by atoms with Gasteiger partial charge in [-0.25, -0.2) is 9.46 Å². The minimum absolute atomic E-state index is 0.000804. The molecule has 2 atom stereocenters. The number of carbonyl (C=O) groups excluding carboxylic acids is 4. The third kappa shape index (κ3) is 13.1. The Bertz CT molecular complexity index is 2690. The lowest BCUT2D eigenvalue weighted by Gasteiger charge is -2.38. The molecule has 1 N–H and O–H groups in total. The van der Waals surface area contributed by atoms with E-state index < -0.39 is 50.5 Å². The summed E-state index contributed by atoms with van der Waals surface area (Å²) < 4.78 is 64.4. The number of hydrogen-bond donors (Lipinski definition) is 1. The van der Waals surface area contributed by atoms with Gasteiger partial charge >= 0.3 is 25.5 Å². The largest absolute Gasteiger partial charge is 0.455 e. The van der Waals surface area contributed by atoms with Crippen LogP contribution in [0.25, 0.3) is 0 Å². The van der Waals surface area contributed by atoms with Gasteiger partial charge in [-0.15, -0.1) is 0 Å². The molecule has 0 radical (unpaired) electrons. The van der Waals surface area contributed by atoms with Crippen LogP contribution in [-0.4, -0.2) is 74.5 Å². The minimum atomic E-state index is -4.35. The zero-order valence-electron chi connectivity index (χ0n) is 42.9. The number of halogens is 5. The van der Waals surface area contributed by atoms with Crippen molar-refractivity contribution in [2.24, 2.45) is 10.8 Å². The smallest absolute Gasteiger partial charge is 0.364 e. The lowest BCUT2D eigenvalue weighted by atomic mass is 9.76. The summed E-state index contributed by atoms with van der Waals surface area (Å²) in [6.45, 7) is 19.2. The molecule has 0 saturated carbocycles. The van der Waals surface area contributed by atoms with E-state index in [2.05, 4.69) is 43.8 Å². The fourth-order valence-electron chi connectivity index (χ4n) is 7.93. The lowest BCUT2D eigenvalue weighted by Crippen LogP contribution is -2.36. The molecule has 2 unspecified atom stereocenters. The van der Waals surface area contributed by atoms with Gasteiger partial charge in [0.05, 0.1) is 62.2 Å². The normalized spacial score (nSPS) is 15.7. The van der Waals surface area contributed by atoms with Crippen molar-refractivity contribution in [2.75, 3.05) is 34.0 Å². The molecular weight excluding hydrogens is 1090 g/mol. The number of aryl methyl sites for hydroxylation is 1. The summed E-state index contributed by atoms with van der Waals surface area (Å²) in [4.78, 5) is 54.9. The van der Waals surface area contributed by atoms with Crippen molar-refractivity contribution in [1.82, 2.24) is 9.99 Å². The Hall–Kier alpha value is -3.26. The van der Waals surface area contributed by atoms with Crippen molar-refractivity contribution < 1.29 is 60.8 Å². The maximum absolute atomic E-state index is 14.4. The van der Waals surface area contributed by atoms with Crippen LogP contribution in [0, 0.1) is 22.2 Å².